The van der Waals surface area contributed by atoms with Crippen LogP contribution in [0.5, 0.6) is 0 Å². The maximum atomic E-state index is 4.58. The first-order valence-corrected chi connectivity index (χ1v) is 6.78. The fraction of sp³-hybridized carbons (Fsp3) is 0.643. The van der Waals surface area contributed by atoms with Crippen molar-refractivity contribution in [3.63, 3.8) is 0 Å². The summed E-state index contributed by atoms with van der Waals surface area (Å²) >= 11 is 0. The zero-order valence-electron chi connectivity index (χ0n) is 10.9. The molecule has 0 amide bonds. The molecule has 1 N–H and O–H groups in total. The number of rotatable bonds is 7. The van der Waals surface area contributed by atoms with E-state index < -0.39 is 0 Å². The second kappa shape index (κ2) is 6.01. The number of anilines is 1. The van der Waals surface area contributed by atoms with E-state index in [4.69, 9.17) is 0 Å². The third kappa shape index (κ3) is 3.19. The highest BCUT2D eigenvalue weighted by molar-refractivity contribution is 5.48. The Bertz CT molecular complexity index is 347. The molecule has 1 aliphatic carbocycles. The molecular weight excluding hydrogens is 210 g/mol. The summed E-state index contributed by atoms with van der Waals surface area (Å²) in [5, 5.41) is 3.46. The molecule has 0 spiro atoms. The smallest absolute Gasteiger partial charge is 0.133 e. The number of nitrogens with zero attached hydrogens (tertiary/aromatic N) is 2. The maximum absolute atomic E-state index is 4.58. The lowest BCUT2D eigenvalue weighted by molar-refractivity contribution is 0.669. The fourth-order valence-electron chi connectivity index (χ4n) is 2.19. The summed E-state index contributed by atoms with van der Waals surface area (Å²) in [4.78, 5) is 7.02. The van der Waals surface area contributed by atoms with Crippen molar-refractivity contribution in [2.24, 2.45) is 0 Å². The molecule has 2 rings (SSSR count). The van der Waals surface area contributed by atoms with Crippen molar-refractivity contribution in [1.29, 1.82) is 0 Å². The highest BCUT2D eigenvalue weighted by Crippen LogP contribution is 2.31. The zero-order valence-corrected chi connectivity index (χ0v) is 10.9. The molecule has 0 saturated heterocycles. The van der Waals surface area contributed by atoms with Crippen molar-refractivity contribution in [3.05, 3.63) is 23.9 Å². The van der Waals surface area contributed by atoms with Crippen LogP contribution in [0.4, 0.5) is 5.82 Å². The van der Waals surface area contributed by atoms with Crippen LogP contribution in [0.25, 0.3) is 0 Å². The van der Waals surface area contributed by atoms with Crippen LogP contribution in [-0.2, 0) is 6.54 Å². The molecule has 3 nitrogen and oxygen atoms in total. The highest BCUT2D eigenvalue weighted by atomic mass is 15.2. The van der Waals surface area contributed by atoms with Crippen molar-refractivity contribution < 1.29 is 0 Å². The van der Waals surface area contributed by atoms with Gasteiger partial charge in [-0.1, -0.05) is 13.0 Å². The van der Waals surface area contributed by atoms with E-state index in [9.17, 15) is 0 Å². The lowest BCUT2D eigenvalue weighted by atomic mass is 10.2. The van der Waals surface area contributed by atoms with Crippen LogP contribution in [-0.4, -0.2) is 24.1 Å². The van der Waals surface area contributed by atoms with Crippen LogP contribution in [0.2, 0.25) is 0 Å². The first-order valence-electron chi connectivity index (χ1n) is 6.78. The fourth-order valence-corrected chi connectivity index (χ4v) is 2.19. The van der Waals surface area contributed by atoms with Gasteiger partial charge in [0, 0.05) is 30.9 Å². The second-order valence-corrected chi connectivity index (χ2v) is 4.68. The first kappa shape index (κ1) is 12.4. The Morgan fingerprint density at radius 3 is 2.88 bits per heavy atom. The summed E-state index contributed by atoms with van der Waals surface area (Å²) in [7, 11) is 0. The minimum atomic E-state index is 0.736. The summed E-state index contributed by atoms with van der Waals surface area (Å²) in [6, 6.07) is 4.96. The van der Waals surface area contributed by atoms with Gasteiger partial charge in [0.05, 0.1) is 0 Å². The molecule has 0 aliphatic heterocycles. The average molecular weight is 233 g/mol. The predicted molar refractivity (Wildman–Crippen MR) is 72.3 cm³/mol. The van der Waals surface area contributed by atoms with Gasteiger partial charge in [-0.05, 0) is 38.8 Å². The van der Waals surface area contributed by atoms with Gasteiger partial charge >= 0.3 is 0 Å². The molecule has 0 unspecified atom stereocenters. The van der Waals surface area contributed by atoms with E-state index in [0.29, 0.717) is 0 Å². The minimum absolute atomic E-state index is 0.736. The Balaban J connectivity index is 2.08. The minimum Gasteiger partial charge on any atom is -0.354 e. The van der Waals surface area contributed by atoms with E-state index in [-0.39, 0.29) is 0 Å². The molecule has 1 aromatic rings. The van der Waals surface area contributed by atoms with Gasteiger partial charge in [-0.15, -0.1) is 0 Å². The van der Waals surface area contributed by atoms with E-state index in [2.05, 4.69) is 35.1 Å². The second-order valence-electron chi connectivity index (χ2n) is 4.68. The third-order valence-electron chi connectivity index (χ3n) is 3.21. The maximum Gasteiger partial charge on any atom is 0.133 e. The van der Waals surface area contributed by atoms with Crippen LogP contribution in [0.1, 0.15) is 38.7 Å². The first-order chi connectivity index (χ1) is 8.36. The van der Waals surface area contributed by atoms with Gasteiger partial charge in [-0.3, -0.25) is 0 Å². The van der Waals surface area contributed by atoms with Crippen molar-refractivity contribution in [2.45, 2.75) is 45.7 Å². The molecule has 94 valence electrons. The Kier molecular flexibility index (Phi) is 4.37. The van der Waals surface area contributed by atoms with E-state index in [1.54, 1.807) is 0 Å². The molecule has 3 heteroatoms. The Morgan fingerprint density at radius 2 is 2.24 bits per heavy atom. The predicted octanol–water partition coefficient (Wildman–Crippen LogP) is 2.57. The van der Waals surface area contributed by atoms with Gasteiger partial charge in [0.25, 0.3) is 0 Å². The zero-order chi connectivity index (χ0) is 12.1. The molecule has 1 heterocycles. The Morgan fingerprint density at radius 1 is 1.41 bits per heavy atom. The van der Waals surface area contributed by atoms with E-state index >= 15 is 0 Å². The molecule has 0 atom stereocenters. The summed E-state index contributed by atoms with van der Waals surface area (Å²) in [5.41, 5.74) is 1.33. The molecule has 0 aromatic carbocycles. The van der Waals surface area contributed by atoms with Gasteiger partial charge in [-0.25, -0.2) is 4.98 Å². The SMILES string of the molecule is CCCNCc1cccnc1N(CC)C1CC1. The summed E-state index contributed by atoms with van der Waals surface area (Å²) < 4.78 is 0. The average Bonchev–Trinajstić information content (AvgIpc) is 3.17. The van der Waals surface area contributed by atoms with Crippen molar-refractivity contribution in [2.75, 3.05) is 18.0 Å². The summed E-state index contributed by atoms with van der Waals surface area (Å²) in [5.74, 6) is 1.18. The quantitative estimate of drug-likeness (QED) is 0.734. The number of pyridine rings is 1. The third-order valence-corrected chi connectivity index (χ3v) is 3.21. The van der Waals surface area contributed by atoms with Crippen molar-refractivity contribution in [3.8, 4) is 0 Å². The van der Waals surface area contributed by atoms with Crippen LogP contribution in [0.3, 0.4) is 0 Å². The van der Waals surface area contributed by atoms with Crippen LogP contribution >= 0.6 is 0 Å². The van der Waals surface area contributed by atoms with Crippen molar-refractivity contribution >= 4 is 5.82 Å². The summed E-state index contributed by atoms with van der Waals surface area (Å²) in [6.07, 6.45) is 5.73. The summed E-state index contributed by atoms with van der Waals surface area (Å²) in [6.45, 7) is 7.47. The lowest BCUT2D eigenvalue weighted by Crippen LogP contribution is -2.28. The highest BCUT2D eigenvalue weighted by Gasteiger charge is 2.29. The number of hydrogen-bond acceptors (Lipinski definition) is 3. The molecule has 1 saturated carbocycles. The van der Waals surface area contributed by atoms with Crippen LogP contribution in [0, 0.1) is 0 Å². The Labute approximate surface area is 104 Å². The molecule has 0 radical (unpaired) electrons. The van der Waals surface area contributed by atoms with Gasteiger partial charge in [-0.2, -0.15) is 0 Å². The van der Waals surface area contributed by atoms with Crippen molar-refractivity contribution in [1.82, 2.24) is 10.3 Å². The van der Waals surface area contributed by atoms with Gasteiger partial charge in [0.2, 0.25) is 0 Å². The monoisotopic (exact) mass is 233 g/mol. The molecule has 17 heavy (non-hydrogen) atoms. The molecule has 0 bridgehead atoms. The van der Waals surface area contributed by atoms with Gasteiger partial charge in [0.1, 0.15) is 5.82 Å². The number of aromatic nitrogens is 1. The topological polar surface area (TPSA) is 28.2 Å². The van der Waals surface area contributed by atoms with Crippen LogP contribution < -0.4 is 10.2 Å². The Hall–Kier alpha value is -1.09. The molecule has 1 fully saturated rings. The van der Waals surface area contributed by atoms with E-state index in [1.165, 1.54) is 30.6 Å². The molecule has 1 aromatic heterocycles. The standard InChI is InChI=1S/C14H23N3/c1-3-9-15-11-12-6-5-10-16-14(12)17(4-2)13-7-8-13/h5-6,10,13,15H,3-4,7-9,11H2,1-2H3. The van der Waals surface area contributed by atoms with Gasteiger partial charge < -0.3 is 10.2 Å². The normalized spacial score (nSPS) is 14.9. The van der Waals surface area contributed by atoms with Gasteiger partial charge in [0.15, 0.2) is 0 Å². The number of hydrogen-bond donors (Lipinski definition) is 1. The largest absolute Gasteiger partial charge is 0.354 e. The van der Waals surface area contributed by atoms with E-state index in [0.717, 1.165) is 25.7 Å². The molecular formula is C14H23N3. The number of nitrogens with one attached hydrogen (secondary N) is 1. The molecule has 1 aliphatic rings. The lowest BCUT2D eigenvalue weighted by Gasteiger charge is -2.24. The van der Waals surface area contributed by atoms with E-state index in [1.807, 2.05) is 12.3 Å². The van der Waals surface area contributed by atoms with Crippen LogP contribution in [0.15, 0.2) is 18.3 Å².